The maximum Gasteiger partial charge on any atom is 0.266 e. The molecule has 0 saturated carbocycles. The fourth-order valence-electron chi connectivity index (χ4n) is 2.62. The number of rotatable bonds is 7. The summed E-state index contributed by atoms with van der Waals surface area (Å²) in [5.74, 6) is 0.548. The van der Waals surface area contributed by atoms with Crippen LogP contribution in [0.4, 0.5) is 5.69 Å². The molecule has 1 aromatic heterocycles. The van der Waals surface area contributed by atoms with Crippen molar-refractivity contribution < 1.29 is 14.3 Å². The van der Waals surface area contributed by atoms with Crippen LogP contribution >= 0.6 is 0 Å². The Bertz CT molecular complexity index is 1060. The Morgan fingerprint density at radius 2 is 1.86 bits per heavy atom. The highest BCUT2D eigenvalue weighted by molar-refractivity contribution is 6.10. The molecule has 6 heteroatoms. The number of para-hydroxylation sites is 3. The zero-order valence-corrected chi connectivity index (χ0v) is 15.8. The highest BCUT2D eigenvalue weighted by atomic mass is 16.5. The van der Waals surface area contributed by atoms with Crippen LogP contribution in [0.2, 0.25) is 0 Å². The van der Waals surface area contributed by atoms with Crippen LogP contribution in [-0.4, -0.2) is 18.0 Å². The third-order valence-electron chi connectivity index (χ3n) is 4.06. The first kappa shape index (κ1) is 19.6. The van der Waals surface area contributed by atoms with Gasteiger partial charge in [0.05, 0.1) is 12.8 Å². The van der Waals surface area contributed by atoms with Crippen LogP contribution in [-0.2, 0) is 11.4 Å². The number of pyridine rings is 1. The zero-order chi connectivity index (χ0) is 20.5. The van der Waals surface area contributed by atoms with Gasteiger partial charge in [0.15, 0.2) is 0 Å². The van der Waals surface area contributed by atoms with Gasteiger partial charge in [0, 0.05) is 23.5 Å². The number of carbonyl (C=O) groups excluding carboxylic acids is 1. The van der Waals surface area contributed by atoms with Gasteiger partial charge in [-0.3, -0.25) is 9.78 Å². The Morgan fingerprint density at radius 3 is 2.59 bits per heavy atom. The number of nitrogens with one attached hydrogen (secondary N) is 1. The summed E-state index contributed by atoms with van der Waals surface area (Å²) in [7, 11) is 1.52. The highest BCUT2D eigenvalue weighted by Gasteiger charge is 2.13. The van der Waals surface area contributed by atoms with Crippen molar-refractivity contribution in [3.8, 4) is 17.6 Å². The van der Waals surface area contributed by atoms with Crippen LogP contribution in [0.3, 0.4) is 0 Å². The second-order valence-electron chi connectivity index (χ2n) is 6.01. The molecule has 0 aliphatic heterocycles. The number of anilines is 1. The molecule has 3 aromatic rings. The van der Waals surface area contributed by atoms with Gasteiger partial charge in [-0.15, -0.1) is 0 Å². The van der Waals surface area contributed by atoms with Crippen molar-refractivity contribution in [3.63, 3.8) is 0 Å². The molecular weight excluding hydrogens is 366 g/mol. The van der Waals surface area contributed by atoms with Gasteiger partial charge in [0.25, 0.3) is 5.91 Å². The first-order valence-corrected chi connectivity index (χ1v) is 8.88. The van der Waals surface area contributed by atoms with Gasteiger partial charge in [0.1, 0.15) is 29.7 Å². The number of amides is 1. The van der Waals surface area contributed by atoms with Crippen LogP contribution in [0.25, 0.3) is 6.08 Å². The molecule has 6 nitrogen and oxygen atoms in total. The topological polar surface area (TPSA) is 84.2 Å². The number of hydrogen-bond donors (Lipinski definition) is 1. The minimum absolute atomic E-state index is 0.0478. The van der Waals surface area contributed by atoms with E-state index in [1.54, 1.807) is 48.8 Å². The lowest BCUT2D eigenvalue weighted by molar-refractivity contribution is -0.112. The molecule has 0 radical (unpaired) electrons. The van der Waals surface area contributed by atoms with Gasteiger partial charge in [-0.05, 0) is 30.3 Å². The number of hydrogen-bond acceptors (Lipinski definition) is 5. The Hall–Kier alpha value is -4.11. The maximum atomic E-state index is 12.6. The van der Waals surface area contributed by atoms with Crippen LogP contribution in [0.5, 0.6) is 11.5 Å². The van der Waals surface area contributed by atoms with E-state index >= 15 is 0 Å². The van der Waals surface area contributed by atoms with E-state index in [4.69, 9.17) is 9.47 Å². The Labute approximate surface area is 169 Å². The summed E-state index contributed by atoms with van der Waals surface area (Å²) in [6.45, 7) is 0.327. The summed E-state index contributed by atoms with van der Waals surface area (Å²) in [5.41, 5.74) is 1.99. The first-order chi connectivity index (χ1) is 14.2. The summed E-state index contributed by atoms with van der Waals surface area (Å²) in [5, 5.41) is 12.2. The average molecular weight is 385 g/mol. The lowest BCUT2D eigenvalue weighted by Gasteiger charge is -2.11. The molecule has 144 valence electrons. The molecular formula is C23H19N3O3. The number of aromatic nitrogens is 1. The minimum atomic E-state index is -0.529. The van der Waals surface area contributed by atoms with Crippen LogP contribution < -0.4 is 14.8 Å². The summed E-state index contributed by atoms with van der Waals surface area (Å²) in [6.07, 6.45) is 4.92. The van der Waals surface area contributed by atoms with Crippen molar-refractivity contribution in [1.29, 1.82) is 5.26 Å². The molecule has 0 bridgehead atoms. The number of ether oxygens (including phenoxy) is 2. The molecule has 1 heterocycles. The molecule has 1 amide bonds. The molecule has 0 fully saturated rings. The molecule has 0 unspecified atom stereocenters. The van der Waals surface area contributed by atoms with Gasteiger partial charge in [-0.25, -0.2) is 0 Å². The van der Waals surface area contributed by atoms with E-state index in [1.807, 2.05) is 30.3 Å². The van der Waals surface area contributed by atoms with E-state index in [0.29, 0.717) is 29.4 Å². The van der Waals surface area contributed by atoms with Gasteiger partial charge >= 0.3 is 0 Å². The van der Waals surface area contributed by atoms with Crippen molar-refractivity contribution in [2.75, 3.05) is 12.4 Å². The molecule has 29 heavy (non-hydrogen) atoms. The van der Waals surface area contributed by atoms with Crippen LogP contribution in [0.1, 0.15) is 11.1 Å². The normalized spacial score (nSPS) is 10.7. The highest BCUT2D eigenvalue weighted by Crippen LogP contribution is 2.25. The summed E-state index contributed by atoms with van der Waals surface area (Å²) in [4.78, 5) is 16.7. The number of benzene rings is 2. The third kappa shape index (κ3) is 5.21. The Morgan fingerprint density at radius 1 is 1.10 bits per heavy atom. The van der Waals surface area contributed by atoms with Gasteiger partial charge in [0.2, 0.25) is 0 Å². The average Bonchev–Trinajstić information content (AvgIpc) is 2.77. The van der Waals surface area contributed by atoms with Gasteiger partial charge in [-0.2, -0.15) is 5.26 Å². The first-order valence-electron chi connectivity index (χ1n) is 8.88. The third-order valence-corrected chi connectivity index (χ3v) is 4.06. The molecule has 0 saturated heterocycles. The number of nitriles is 1. The maximum absolute atomic E-state index is 12.6. The van der Waals surface area contributed by atoms with Gasteiger partial charge < -0.3 is 14.8 Å². The van der Waals surface area contributed by atoms with Crippen LogP contribution in [0, 0.1) is 11.3 Å². The molecule has 3 rings (SSSR count). The van der Waals surface area contributed by atoms with E-state index < -0.39 is 5.91 Å². The van der Waals surface area contributed by atoms with E-state index in [1.165, 1.54) is 13.2 Å². The van der Waals surface area contributed by atoms with Crippen LogP contribution in [0.15, 0.2) is 78.6 Å². The lowest BCUT2D eigenvalue weighted by Crippen LogP contribution is -2.14. The van der Waals surface area contributed by atoms with E-state index in [9.17, 15) is 10.1 Å². The Kier molecular flexibility index (Phi) is 6.58. The quantitative estimate of drug-likeness (QED) is 0.486. The van der Waals surface area contributed by atoms with Crippen molar-refractivity contribution in [1.82, 2.24) is 4.98 Å². The zero-order valence-electron chi connectivity index (χ0n) is 15.8. The minimum Gasteiger partial charge on any atom is -0.495 e. The standard InChI is InChI=1S/C23H19N3O3/c1-28-22-11-5-3-9-20(22)26-23(27)19(14-24)13-18-8-2-4-10-21(18)29-16-17-7-6-12-25-15-17/h2-13,15H,16H2,1H3,(H,26,27)/b19-13+. The van der Waals surface area contributed by atoms with E-state index in [2.05, 4.69) is 10.3 Å². The van der Waals surface area contributed by atoms with Crippen molar-refractivity contribution in [2.24, 2.45) is 0 Å². The smallest absolute Gasteiger partial charge is 0.266 e. The predicted molar refractivity (Wildman–Crippen MR) is 110 cm³/mol. The van der Waals surface area contributed by atoms with E-state index in [0.717, 1.165) is 5.56 Å². The predicted octanol–water partition coefficient (Wildman–Crippen LogP) is 4.21. The van der Waals surface area contributed by atoms with Crippen molar-refractivity contribution >= 4 is 17.7 Å². The fourth-order valence-corrected chi connectivity index (χ4v) is 2.62. The molecule has 0 aliphatic carbocycles. The lowest BCUT2D eigenvalue weighted by atomic mass is 10.1. The second-order valence-corrected chi connectivity index (χ2v) is 6.01. The molecule has 0 atom stereocenters. The summed E-state index contributed by atoms with van der Waals surface area (Å²) >= 11 is 0. The van der Waals surface area contributed by atoms with Crippen molar-refractivity contribution in [2.45, 2.75) is 6.61 Å². The largest absolute Gasteiger partial charge is 0.495 e. The van der Waals surface area contributed by atoms with Crippen molar-refractivity contribution in [3.05, 3.63) is 89.8 Å². The Balaban J connectivity index is 1.80. The summed E-state index contributed by atoms with van der Waals surface area (Å²) in [6, 6.07) is 19.9. The monoisotopic (exact) mass is 385 g/mol. The molecule has 2 aromatic carbocycles. The molecule has 0 spiro atoms. The second kappa shape index (κ2) is 9.72. The summed E-state index contributed by atoms with van der Waals surface area (Å²) < 4.78 is 11.1. The van der Waals surface area contributed by atoms with E-state index in [-0.39, 0.29) is 5.57 Å². The van der Waals surface area contributed by atoms with Gasteiger partial charge in [-0.1, -0.05) is 36.4 Å². The fraction of sp³-hybridized carbons (Fsp3) is 0.0870. The number of carbonyl (C=O) groups is 1. The molecule has 1 N–H and O–H groups in total. The number of nitrogens with zero attached hydrogens (tertiary/aromatic N) is 2. The molecule has 0 aliphatic rings. The number of methoxy groups -OCH3 is 1. The SMILES string of the molecule is COc1ccccc1NC(=O)/C(C#N)=C/c1ccccc1OCc1cccnc1.